The topological polar surface area (TPSA) is 54.6 Å². The third-order valence-electron chi connectivity index (χ3n) is 4.37. The van der Waals surface area contributed by atoms with Crippen molar-refractivity contribution in [2.75, 3.05) is 0 Å². The molecule has 0 bridgehead atoms. The number of aromatic hydroxyl groups is 1. The molecule has 0 saturated heterocycles. The van der Waals surface area contributed by atoms with Crippen LogP contribution < -0.4 is 4.87 Å². The van der Waals surface area contributed by atoms with Gasteiger partial charge in [-0.05, 0) is 36.8 Å². The Labute approximate surface area is 169 Å². The highest BCUT2D eigenvalue weighted by Gasteiger charge is 2.20. The Morgan fingerprint density at radius 1 is 1.19 bits per heavy atom. The molecule has 27 heavy (non-hydrogen) atoms. The van der Waals surface area contributed by atoms with Crippen LogP contribution in [-0.4, -0.2) is 15.4 Å². The Morgan fingerprint density at radius 2 is 1.96 bits per heavy atom. The first-order valence-electron chi connectivity index (χ1n) is 8.17. The number of nitrogens with zero attached hydrogens (tertiary/aromatic N) is 2. The normalized spacial score (nSPS) is 14.5. The summed E-state index contributed by atoms with van der Waals surface area (Å²) in [7, 11) is 0. The van der Waals surface area contributed by atoms with Crippen LogP contribution in [0.5, 0.6) is 5.88 Å². The van der Waals surface area contributed by atoms with E-state index in [0.717, 1.165) is 39.4 Å². The first kappa shape index (κ1) is 18.0. The first-order chi connectivity index (χ1) is 12.9. The number of aliphatic imine (C=N–C) groups is 1. The van der Waals surface area contributed by atoms with Crippen molar-refractivity contribution in [3.05, 3.63) is 78.2 Å². The Balaban J connectivity index is 1.73. The lowest BCUT2D eigenvalue weighted by Crippen LogP contribution is -2.13. The lowest BCUT2D eigenvalue weighted by Gasteiger charge is -2.06. The second-order valence-electron chi connectivity index (χ2n) is 6.16. The van der Waals surface area contributed by atoms with E-state index in [2.05, 4.69) is 4.99 Å². The summed E-state index contributed by atoms with van der Waals surface area (Å²) in [6.07, 6.45) is 1.82. The van der Waals surface area contributed by atoms with Crippen LogP contribution in [0, 0.1) is 0 Å². The van der Waals surface area contributed by atoms with Gasteiger partial charge in [0.2, 0.25) is 5.88 Å². The molecule has 0 radical (unpaired) electrons. The Hall–Kier alpha value is -2.34. The SMILES string of the molecule is CC1=Nc2ccccc2C1=Cc1sc(=O)n(Cc2ccc(Cl)c(Cl)c2)c1O. The molecule has 2 heterocycles. The molecule has 0 fully saturated rings. The number of hydrogen-bond acceptors (Lipinski definition) is 4. The van der Waals surface area contributed by atoms with Gasteiger partial charge in [-0.2, -0.15) is 0 Å². The number of hydrogen-bond donors (Lipinski definition) is 1. The predicted molar refractivity (Wildman–Crippen MR) is 113 cm³/mol. The molecule has 1 aromatic heterocycles. The van der Waals surface area contributed by atoms with Gasteiger partial charge in [0.1, 0.15) is 0 Å². The van der Waals surface area contributed by atoms with Crippen LogP contribution in [0.15, 0.2) is 52.3 Å². The van der Waals surface area contributed by atoms with Gasteiger partial charge in [-0.1, -0.05) is 58.8 Å². The van der Waals surface area contributed by atoms with Crippen molar-refractivity contribution in [3.63, 3.8) is 0 Å². The van der Waals surface area contributed by atoms with Crippen LogP contribution in [0.25, 0.3) is 11.6 Å². The summed E-state index contributed by atoms with van der Waals surface area (Å²) in [4.78, 5) is 17.2. The molecule has 0 unspecified atom stereocenters. The maximum Gasteiger partial charge on any atom is 0.310 e. The smallest absolute Gasteiger partial charge is 0.310 e. The quantitative estimate of drug-likeness (QED) is 0.602. The summed E-state index contributed by atoms with van der Waals surface area (Å²) in [5.41, 5.74) is 4.42. The molecule has 136 valence electrons. The van der Waals surface area contributed by atoms with Crippen LogP contribution in [0.1, 0.15) is 22.9 Å². The minimum absolute atomic E-state index is 0.0687. The summed E-state index contributed by atoms with van der Waals surface area (Å²) in [6, 6.07) is 12.9. The Bertz CT molecular complexity index is 1170. The summed E-state index contributed by atoms with van der Waals surface area (Å²) in [5.74, 6) is -0.0687. The third kappa shape index (κ3) is 3.34. The largest absolute Gasteiger partial charge is 0.493 e. The molecule has 4 rings (SSSR count). The van der Waals surface area contributed by atoms with Crippen molar-refractivity contribution < 1.29 is 5.11 Å². The standard InChI is InChI=1S/C20H14Cl2N2O2S/c1-11-14(13-4-2-3-5-17(13)23-11)9-18-19(25)24(20(26)27-18)10-12-6-7-15(21)16(22)8-12/h2-9,25H,10H2,1H3. The Kier molecular flexibility index (Phi) is 4.68. The number of thiazole rings is 1. The molecular weight excluding hydrogens is 403 g/mol. The summed E-state index contributed by atoms with van der Waals surface area (Å²) >= 11 is 13.0. The van der Waals surface area contributed by atoms with Gasteiger partial charge in [0.25, 0.3) is 0 Å². The van der Waals surface area contributed by atoms with E-state index >= 15 is 0 Å². The van der Waals surface area contributed by atoms with Crippen molar-refractivity contribution in [1.29, 1.82) is 0 Å². The van der Waals surface area contributed by atoms with E-state index < -0.39 is 0 Å². The number of halogens is 2. The van der Waals surface area contributed by atoms with Crippen LogP contribution in [-0.2, 0) is 6.54 Å². The number of allylic oxidation sites excluding steroid dienone is 1. The average Bonchev–Trinajstić information content (AvgIpc) is 3.09. The van der Waals surface area contributed by atoms with Crippen molar-refractivity contribution in [2.24, 2.45) is 4.99 Å². The van der Waals surface area contributed by atoms with Crippen LogP contribution >= 0.6 is 34.5 Å². The second-order valence-corrected chi connectivity index (χ2v) is 7.97. The van der Waals surface area contributed by atoms with E-state index in [1.165, 1.54) is 4.57 Å². The third-order valence-corrected chi connectivity index (χ3v) is 6.02. The molecule has 1 aliphatic heterocycles. The minimum atomic E-state index is -0.244. The molecule has 2 aromatic carbocycles. The molecule has 1 N–H and O–H groups in total. The Morgan fingerprint density at radius 3 is 2.74 bits per heavy atom. The van der Waals surface area contributed by atoms with Gasteiger partial charge in [-0.15, -0.1) is 0 Å². The number of rotatable bonds is 3. The molecule has 0 atom stereocenters. The van der Waals surface area contributed by atoms with E-state index in [4.69, 9.17) is 23.2 Å². The van der Waals surface area contributed by atoms with E-state index in [0.29, 0.717) is 14.9 Å². The zero-order valence-electron chi connectivity index (χ0n) is 14.2. The van der Waals surface area contributed by atoms with Gasteiger partial charge < -0.3 is 5.11 Å². The lowest BCUT2D eigenvalue weighted by molar-refractivity contribution is 0.420. The first-order valence-corrected chi connectivity index (χ1v) is 9.74. The van der Waals surface area contributed by atoms with Gasteiger partial charge in [0, 0.05) is 16.8 Å². The van der Waals surface area contributed by atoms with Gasteiger partial charge in [-0.25, -0.2) is 0 Å². The fourth-order valence-corrected chi connectivity index (χ4v) is 4.16. The van der Waals surface area contributed by atoms with Crippen molar-refractivity contribution in [2.45, 2.75) is 13.5 Å². The number of fused-ring (bicyclic) bond motifs is 1. The molecule has 0 saturated carbocycles. The van der Waals surface area contributed by atoms with Crippen LogP contribution in [0.4, 0.5) is 5.69 Å². The fraction of sp³-hybridized carbons (Fsp3) is 0.100. The zero-order chi connectivity index (χ0) is 19.1. The molecular formula is C20H14Cl2N2O2S. The monoisotopic (exact) mass is 416 g/mol. The van der Waals surface area contributed by atoms with E-state index in [9.17, 15) is 9.90 Å². The molecule has 3 aromatic rings. The molecule has 7 heteroatoms. The van der Waals surface area contributed by atoms with Gasteiger partial charge in [-0.3, -0.25) is 14.4 Å². The second kappa shape index (κ2) is 7.00. The number of aromatic nitrogens is 1. The van der Waals surface area contributed by atoms with Gasteiger partial charge in [0.15, 0.2) is 0 Å². The molecule has 1 aliphatic rings. The summed E-state index contributed by atoms with van der Waals surface area (Å²) in [5, 5.41) is 11.5. The summed E-state index contributed by atoms with van der Waals surface area (Å²) in [6.45, 7) is 2.13. The average molecular weight is 417 g/mol. The van der Waals surface area contributed by atoms with Gasteiger partial charge in [0.05, 0.1) is 27.2 Å². The van der Waals surface area contributed by atoms with Crippen molar-refractivity contribution >= 4 is 57.6 Å². The van der Waals surface area contributed by atoms with Crippen LogP contribution in [0.3, 0.4) is 0 Å². The lowest BCUT2D eigenvalue weighted by atomic mass is 10.0. The maximum atomic E-state index is 12.4. The highest BCUT2D eigenvalue weighted by molar-refractivity contribution is 7.10. The minimum Gasteiger partial charge on any atom is -0.493 e. The van der Waals surface area contributed by atoms with E-state index in [-0.39, 0.29) is 17.3 Å². The highest BCUT2D eigenvalue weighted by atomic mass is 35.5. The number of para-hydroxylation sites is 1. The molecule has 0 amide bonds. The zero-order valence-corrected chi connectivity index (χ0v) is 16.6. The van der Waals surface area contributed by atoms with Crippen molar-refractivity contribution in [3.8, 4) is 5.88 Å². The van der Waals surface area contributed by atoms with E-state index in [1.807, 2.05) is 37.3 Å². The predicted octanol–water partition coefficient (Wildman–Crippen LogP) is 5.62. The molecule has 4 nitrogen and oxygen atoms in total. The van der Waals surface area contributed by atoms with Crippen LogP contribution in [0.2, 0.25) is 10.0 Å². The number of benzene rings is 2. The van der Waals surface area contributed by atoms with Gasteiger partial charge >= 0.3 is 4.87 Å². The molecule has 0 aliphatic carbocycles. The summed E-state index contributed by atoms with van der Waals surface area (Å²) < 4.78 is 1.32. The maximum absolute atomic E-state index is 12.4. The molecule has 0 spiro atoms. The van der Waals surface area contributed by atoms with Crippen molar-refractivity contribution in [1.82, 2.24) is 4.57 Å². The van der Waals surface area contributed by atoms with E-state index in [1.54, 1.807) is 18.2 Å². The fourth-order valence-electron chi connectivity index (χ4n) is 3.02. The highest BCUT2D eigenvalue weighted by Crippen LogP contribution is 2.37.